The Morgan fingerprint density at radius 2 is 1.77 bits per heavy atom. The molecule has 0 bridgehead atoms. The molecule has 4 rings (SSSR count). The number of piperidine rings is 1. The van der Waals surface area contributed by atoms with Crippen molar-refractivity contribution in [2.75, 3.05) is 27.2 Å². The third-order valence-electron chi connectivity index (χ3n) is 5.65. The van der Waals surface area contributed by atoms with Gasteiger partial charge in [-0.2, -0.15) is 5.10 Å². The molecule has 0 spiro atoms. The first-order chi connectivity index (χ1) is 15.0. The Labute approximate surface area is 180 Å². The van der Waals surface area contributed by atoms with Gasteiger partial charge < -0.3 is 9.64 Å². The van der Waals surface area contributed by atoms with Crippen molar-refractivity contribution in [3.63, 3.8) is 0 Å². The molecule has 7 nitrogen and oxygen atoms in total. The molecule has 1 fully saturated rings. The van der Waals surface area contributed by atoms with Gasteiger partial charge in [0.05, 0.1) is 24.2 Å². The molecule has 0 radical (unpaired) electrons. The Balaban J connectivity index is 1.65. The van der Waals surface area contributed by atoms with E-state index in [1.54, 1.807) is 24.1 Å². The maximum atomic E-state index is 13.5. The van der Waals surface area contributed by atoms with Gasteiger partial charge in [0.25, 0.3) is 0 Å². The highest BCUT2D eigenvalue weighted by atomic mass is 19.1. The Morgan fingerprint density at radius 3 is 2.35 bits per heavy atom. The number of carbonyl (C=O) groups is 1. The third kappa shape index (κ3) is 4.39. The van der Waals surface area contributed by atoms with Gasteiger partial charge in [-0.25, -0.2) is 18.9 Å². The van der Waals surface area contributed by atoms with Crippen LogP contribution >= 0.6 is 0 Å². The summed E-state index contributed by atoms with van der Waals surface area (Å²) >= 11 is 0. The largest absolute Gasteiger partial charge is 0.497 e. The summed E-state index contributed by atoms with van der Waals surface area (Å²) in [6.07, 6.45) is 1.50. The van der Waals surface area contributed by atoms with Crippen molar-refractivity contribution in [2.45, 2.75) is 18.8 Å². The molecule has 1 N–H and O–H groups in total. The highest BCUT2D eigenvalue weighted by Crippen LogP contribution is 2.32. The van der Waals surface area contributed by atoms with Crippen LogP contribution in [0.4, 0.5) is 9.18 Å². The number of amides is 2. The highest BCUT2D eigenvalue weighted by Gasteiger charge is 2.27. The van der Waals surface area contributed by atoms with Gasteiger partial charge in [0.15, 0.2) is 0 Å². The van der Waals surface area contributed by atoms with Crippen LogP contribution in [0.1, 0.15) is 24.5 Å². The number of benzene rings is 2. The number of rotatable bonds is 4. The second kappa shape index (κ2) is 8.77. The third-order valence-corrected chi connectivity index (χ3v) is 5.65. The van der Waals surface area contributed by atoms with Crippen LogP contribution < -0.4 is 4.74 Å². The molecule has 0 aliphatic carbocycles. The maximum absolute atomic E-state index is 13.5. The molecule has 1 aliphatic heterocycles. The number of hydroxylamine groups is 2. The molecule has 1 aromatic heterocycles. The number of likely N-dealkylation sites (tertiary alicyclic amines) is 1. The van der Waals surface area contributed by atoms with E-state index in [2.05, 4.69) is 0 Å². The Hall–Kier alpha value is -3.39. The van der Waals surface area contributed by atoms with E-state index in [0.717, 1.165) is 41.2 Å². The molecule has 2 aromatic carbocycles. The van der Waals surface area contributed by atoms with Crippen molar-refractivity contribution < 1.29 is 19.1 Å². The summed E-state index contributed by atoms with van der Waals surface area (Å²) in [7, 11) is 2.95. The van der Waals surface area contributed by atoms with E-state index >= 15 is 0 Å². The number of ether oxygens (including phenoxy) is 1. The molecule has 0 atom stereocenters. The van der Waals surface area contributed by atoms with Crippen LogP contribution in [0.25, 0.3) is 16.9 Å². The molecule has 0 saturated carbocycles. The lowest BCUT2D eigenvalue weighted by Crippen LogP contribution is -2.43. The second-order valence-corrected chi connectivity index (χ2v) is 7.64. The summed E-state index contributed by atoms with van der Waals surface area (Å²) in [4.78, 5) is 13.6. The molecule has 2 amide bonds. The predicted octanol–water partition coefficient (Wildman–Crippen LogP) is 4.31. The summed E-state index contributed by atoms with van der Waals surface area (Å²) in [5.41, 5.74) is 3.54. The van der Waals surface area contributed by atoms with E-state index in [1.807, 2.05) is 35.0 Å². The van der Waals surface area contributed by atoms with Gasteiger partial charge >= 0.3 is 6.03 Å². The number of halogens is 1. The number of hydrogen-bond donors (Lipinski definition) is 1. The van der Waals surface area contributed by atoms with Gasteiger partial charge in [0, 0.05) is 31.6 Å². The van der Waals surface area contributed by atoms with Crippen molar-refractivity contribution in [1.82, 2.24) is 19.7 Å². The lowest BCUT2D eigenvalue weighted by Gasteiger charge is -2.32. The molecular weight excluding hydrogens is 399 g/mol. The zero-order valence-electron chi connectivity index (χ0n) is 17.5. The first-order valence-corrected chi connectivity index (χ1v) is 10.2. The molecular formula is C23H25FN4O3. The van der Waals surface area contributed by atoms with Gasteiger partial charge in [-0.05, 0) is 67.4 Å². The number of aromatic nitrogens is 2. The Kier molecular flexibility index (Phi) is 5.90. The highest BCUT2D eigenvalue weighted by molar-refractivity contribution is 5.73. The molecule has 0 unspecified atom stereocenters. The molecule has 2 heterocycles. The van der Waals surface area contributed by atoms with Gasteiger partial charge in [-0.1, -0.05) is 0 Å². The number of nitrogens with zero attached hydrogens (tertiary/aromatic N) is 4. The summed E-state index contributed by atoms with van der Waals surface area (Å²) in [5.74, 6) is 0.655. The fraction of sp³-hybridized carbons (Fsp3) is 0.304. The van der Waals surface area contributed by atoms with Crippen molar-refractivity contribution in [1.29, 1.82) is 0 Å². The summed E-state index contributed by atoms with van der Waals surface area (Å²) in [6, 6.07) is 15.6. The lowest BCUT2D eigenvalue weighted by atomic mass is 9.93. The van der Waals surface area contributed by atoms with Crippen LogP contribution in [-0.2, 0) is 0 Å². The van der Waals surface area contributed by atoms with Gasteiger partial charge in [0.1, 0.15) is 11.6 Å². The van der Waals surface area contributed by atoms with Crippen LogP contribution in [0.5, 0.6) is 5.75 Å². The van der Waals surface area contributed by atoms with E-state index in [4.69, 9.17) is 9.84 Å². The average Bonchev–Trinajstić information content (AvgIpc) is 3.24. The van der Waals surface area contributed by atoms with E-state index in [1.165, 1.54) is 19.2 Å². The van der Waals surface area contributed by atoms with Crippen LogP contribution in [0.15, 0.2) is 54.6 Å². The zero-order valence-corrected chi connectivity index (χ0v) is 17.5. The van der Waals surface area contributed by atoms with E-state index < -0.39 is 6.03 Å². The zero-order chi connectivity index (χ0) is 22.0. The predicted molar refractivity (Wildman–Crippen MR) is 114 cm³/mol. The molecule has 162 valence electrons. The molecule has 31 heavy (non-hydrogen) atoms. The van der Waals surface area contributed by atoms with Crippen LogP contribution in [-0.4, -0.2) is 58.2 Å². The summed E-state index contributed by atoms with van der Waals surface area (Å²) in [5, 5.41) is 14.9. The fourth-order valence-corrected chi connectivity index (χ4v) is 3.92. The van der Waals surface area contributed by atoms with Crippen molar-refractivity contribution in [3.8, 4) is 22.7 Å². The lowest BCUT2D eigenvalue weighted by molar-refractivity contribution is -0.0356. The fourth-order valence-electron chi connectivity index (χ4n) is 3.92. The summed E-state index contributed by atoms with van der Waals surface area (Å²) in [6.45, 7) is 1.10. The summed E-state index contributed by atoms with van der Waals surface area (Å²) < 4.78 is 20.6. The minimum Gasteiger partial charge on any atom is -0.497 e. The molecule has 3 aromatic rings. The minimum atomic E-state index is -0.394. The Morgan fingerprint density at radius 1 is 1.13 bits per heavy atom. The van der Waals surface area contributed by atoms with Gasteiger partial charge in [0.2, 0.25) is 0 Å². The van der Waals surface area contributed by atoms with Crippen LogP contribution in [0, 0.1) is 5.82 Å². The van der Waals surface area contributed by atoms with Crippen LogP contribution in [0.2, 0.25) is 0 Å². The SMILES string of the molecule is COc1ccc(-n2nc(C3CCN(C(=O)N(C)O)CC3)cc2-c2ccc(F)cc2)cc1. The minimum absolute atomic E-state index is 0.187. The monoisotopic (exact) mass is 424 g/mol. The number of hydrogen-bond acceptors (Lipinski definition) is 4. The smallest absolute Gasteiger partial charge is 0.343 e. The van der Waals surface area contributed by atoms with Crippen molar-refractivity contribution in [3.05, 3.63) is 66.1 Å². The number of methoxy groups -OCH3 is 1. The van der Waals surface area contributed by atoms with E-state index in [-0.39, 0.29) is 11.7 Å². The van der Waals surface area contributed by atoms with E-state index in [0.29, 0.717) is 18.2 Å². The first kappa shape index (κ1) is 20.9. The van der Waals surface area contributed by atoms with Crippen molar-refractivity contribution in [2.24, 2.45) is 0 Å². The number of carbonyl (C=O) groups excluding carboxylic acids is 1. The van der Waals surface area contributed by atoms with Gasteiger partial charge in [-0.15, -0.1) is 0 Å². The maximum Gasteiger partial charge on any atom is 0.343 e. The Bertz CT molecular complexity index is 1040. The van der Waals surface area contributed by atoms with Crippen molar-refractivity contribution >= 4 is 6.03 Å². The van der Waals surface area contributed by atoms with Crippen LogP contribution in [0.3, 0.4) is 0 Å². The number of urea groups is 1. The quantitative estimate of drug-likeness (QED) is 0.501. The normalized spacial score (nSPS) is 14.5. The standard InChI is InChI=1S/C23H25FN4O3/c1-26(30)23(29)27-13-11-16(12-14-27)21-15-22(17-3-5-18(24)6-4-17)28(25-21)19-7-9-20(31-2)10-8-19/h3-10,15-16,30H,11-14H2,1-2H3. The molecule has 1 aliphatic rings. The molecule has 8 heteroatoms. The molecule has 1 saturated heterocycles. The average molecular weight is 424 g/mol. The van der Waals surface area contributed by atoms with Gasteiger partial charge in [-0.3, -0.25) is 5.21 Å². The topological polar surface area (TPSA) is 70.8 Å². The first-order valence-electron chi connectivity index (χ1n) is 10.2. The second-order valence-electron chi connectivity index (χ2n) is 7.64. The van der Waals surface area contributed by atoms with E-state index in [9.17, 15) is 14.4 Å².